The maximum absolute atomic E-state index is 12.1. The molecule has 1 aromatic carbocycles. The summed E-state index contributed by atoms with van der Waals surface area (Å²) in [5, 5.41) is 6.33. The number of amides is 1. The monoisotopic (exact) mass is 262 g/mol. The Kier molecular flexibility index (Phi) is 6.40. The second-order valence-electron chi connectivity index (χ2n) is 5.08. The fraction of sp³-hybridized carbons (Fsp3) is 0.562. The van der Waals surface area contributed by atoms with E-state index in [0.29, 0.717) is 0 Å². The van der Waals surface area contributed by atoms with Gasteiger partial charge >= 0.3 is 0 Å². The normalized spacial score (nSPS) is 12.0. The van der Waals surface area contributed by atoms with E-state index in [-0.39, 0.29) is 11.9 Å². The highest BCUT2D eigenvalue weighted by Crippen LogP contribution is 2.16. The molecule has 106 valence electrons. The Morgan fingerprint density at radius 2 is 2.05 bits per heavy atom. The third-order valence-corrected chi connectivity index (χ3v) is 3.22. The SMILES string of the molecule is CCCCC(C)NC(=O)c1ccc(NCC)c(C)c1. The third-order valence-electron chi connectivity index (χ3n) is 3.22. The van der Waals surface area contributed by atoms with Gasteiger partial charge in [-0.25, -0.2) is 0 Å². The van der Waals surface area contributed by atoms with Crippen LogP contribution in [0.4, 0.5) is 5.69 Å². The van der Waals surface area contributed by atoms with Crippen molar-refractivity contribution in [2.45, 2.75) is 53.0 Å². The van der Waals surface area contributed by atoms with Gasteiger partial charge in [0.25, 0.3) is 5.91 Å². The van der Waals surface area contributed by atoms with Crippen molar-refractivity contribution >= 4 is 11.6 Å². The van der Waals surface area contributed by atoms with Gasteiger partial charge in [-0.15, -0.1) is 0 Å². The molecule has 0 radical (unpaired) electrons. The van der Waals surface area contributed by atoms with Crippen molar-refractivity contribution in [3.05, 3.63) is 29.3 Å². The largest absolute Gasteiger partial charge is 0.385 e. The van der Waals surface area contributed by atoms with Gasteiger partial charge in [-0.2, -0.15) is 0 Å². The smallest absolute Gasteiger partial charge is 0.251 e. The lowest BCUT2D eigenvalue weighted by Gasteiger charge is -2.14. The maximum Gasteiger partial charge on any atom is 0.251 e. The minimum atomic E-state index is 0.0229. The highest BCUT2D eigenvalue weighted by molar-refractivity contribution is 5.95. The lowest BCUT2D eigenvalue weighted by molar-refractivity contribution is 0.0938. The molecule has 0 spiro atoms. The molecule has 0 aliphatic carbocycles. The van der Waals surface area contributed by atoms with Crippen molar-refractivity contribution in [2.24, 2.45) is 0 Å². The van der Waals surface area contributed by atoms with Crippen molar-refractivity contribution in [3.63, 3.8) is 0 Å². The molecule has 2 N–H and O–H groups in total. The van der Waals surface area contributed by atoms with Gasteiger partial charge in [0.1, 0.15) is 0 Å². The number of nitrogens with one attached hydrogen (secondary N) is 2. The number of hydrogen-bond acceptors (Lipinski definition) is 2. The number of unbranched alkanes of at least 4 members (excludes halogenated alkanes) is 1. The molecule has 0 bridgehead atoms. The van der Waals surface area contributed by atoms with Gasteiger partial charge in [-0.05, 0) is 51.0 Å². The average Bonchev–Trinajstić information content (AvgIpc) is 2.38. The molecule has 19 heavy (non-hydrogen) atoms. The number of carbonyl (C=O) groups excluding carboxylic acids is 1. The Bertz CT molecular complexity index is 415. The van der Waals surface area contributed by atoms with Gasteiger partial charge in [-0.1, -0.05) is 19.8 Å². The Balaban J connectivity index is 2.64. The minimum Gasteiger partial charge on any atom is -0.385 e. The molecule has 3 heteroatoms. The van der Waals surface area contributed by atoms with Gasteiger partial charge < -0.3 is 10.6 Å². The van der Waals surface area contributed by atoms with E-state index in [1.54, 1.807) is 0 Å². The Labute approximate surface area is 116 Å². The molecule has 0 heterocycles. The van der Waals surface area contributed by atoms with Gasteiger partial charge in [0, 0.05) is 23.8 Å². The summed E-state index contributed by atoms with van der Waals surface area (Å²) in [5.74, 6) is 0.0229. The summed E-state index contributed by atoms with van der Waals surface area (Å²) in [4.78, 5) is 12.1. The quantitative estimate of drug-likeness (QED) is 0.786. The molecule has 0 aliphatic rings. The lowest BCUT2D eigenvalue weighted by Crippen LogP contribution is -2.32. The van der Waals surface area contributed by atoms with Crippen LogP contribution in [-0.4, -0.2) is 18.5 Å². The van der Waals surface area contributed by atoms with Crippen LogP contribution < -0.4 is 10.6 Å². The predicted octanol–water partition coefficient (Wildman–Crippen LogP) is 3.74. The van der Waals surface area contributed by atoms with Gasteiger partial charge in [0.15, 0.2) is 0 Å². The number of anilines is 1. The summed E-state index contributed by atoms with van der Waals surface area (Å²) in [6.07, 6.45) is 3.35. The Morgan fingerprint density at radius 3 is 2.63 bits per heavy atom. The third kappa shape index (κ3) is 4.93. The van der Waals surface area contributed by atoms with E-state index >= 15 is 0 Å². The standard InChI is InChI=1S/C16H26N2O/c1-5-7-8-13(4)18-16(19)14-9-10-15(17-6-2)12(3)11-14/h9-11,13,17H,5-8H2,1-4H3,(H,18,19). The molecule has 1 aromatic rings. The zero-order chi connectivity index (χ0) is 14.3. The van der Waals surface area contributed by atoms with E-state index in [1.165, 1.54) is 0 Å². The van der Waals surface area contributed by atoms with E-state index in [0.717, 1.165) is 42.6 Å². The van der Waals surface area contributed by atoms with Gasteiger partial charge in [0.2, 0.25) is 0 Å². The molecule has 3 nitrogen and oxygen atoms in total. The number of benzene rings is 1. The first-order valence-corrected chi connectivity index (χ1v) is 7.23. The van der Waals surface area contributed by atoms with Crippen LogP contribution in [0.3, 0.4) is 0 Å². The molecule has 0 aromatic heterocycles. The molecule has 1 rings (SSSR count). The first-order valence-electron chi connectivity index (χ1n) is 7.23. The van der Waals surface area contributed by atoms with Crippen LogP contribution >= 0.6 is 0 Å². The molecule has 0 aliphatic heterocycles. The van der Waals surface area contributed by atoms with Crippen LogP contribution in [0.2, 0.25) is 0 Å². The van der Waals surface area contributed by atoms with E-state index < -0.39 is 0 Å². The van der Waals surface area contributed by atoms with Crippen LogP contribution in [0.1, 0.15) is 56.0 Å². The molecule has 0 saturated carbocycles. The van der Waals surface area contributed by atoms with E-state index in [9.17, 15) is 4.79 Å². The fourth-order valence-corrected chi connectivity index (χ4v) is 2.08. The first-order chi connectivity index (χ1) is 9.08. The highest BCUT2D eigenvalue weighted by Gasteiger charge is 2.10. The maximum atomic E-state index is 12.1. The molecule has 1 unspecified atom stereocenters. The lowest BCUT2D eigenvalue weighted by atomic mass is 10.1. The number of carbonyl (C=O) groups is 1. The molecular weight excluding hydrogens is 236 g/mol. The number of hydrogen-bond donors (Lipinski definition) is 2. The average molecular weight is 262 g/mol. The van der Waals surface area contributed by atoms with Crippen LogP contribution in [0.15, 0.2) is 18.2 Å². The summed E-state index contributed by atoms with van der Waals surface area (Å²) in [5.41, 5.74) is 2.94. The summed E-state index contributed by atoms with van der Waals surface area (Å²) in [6, 6.07) is 6.04. The van der Waals surface area contributed by atoms with E-state index in [2.05, 4.69) is 31.4 Å². The summed E-state index contributed by atoms with van der Waals surface area (Å²) < 4.78 is 0. The van der Waals surface area contributed by atoms with Crippen LogP contribution in [0.25, 0.3) is 0 Å². The number of rotatable bonds is 7. The van der Waals surface area contributed by atoms with Gasteiger partial charge in [-0.3, -0.25) is 4.79 Å². The Morgan fingerprint density at radius 1 is 1.32 bits per heavy atom. The van der Waals surface area contributed by atoms with E-state index in [4.69, 9.17) is 0 Å². The van der Waals surface area contributed by atoms with Crippen molar-refractivity contribution in [1.29, 1.82) is 0 Å². The predicted molar refractivity (Wildman–Crippen MR) is 81.8 cm³/mol. The highest BCUT2D eigenvalue weighted by atomic mass is 16.1. The van der Waals surface area contributed by atoms with Crippen molar-refractivity contribution in [2.75, 3.05) is 11.9 Å². The summed E-state index contributed by atoms with van der Waals surface area (Å²) in [7, 11) is 0. The Hall–Kier alpha value is -1.51. The van der Waals surface area contributed by atoms with Crippen molar-refractivity contribution in [1.82, 2.24) is 5.32 Å². The summed E-state index contributed by atoms with van der Waals surface area (Å²) >= 11 is 0. The topological polar surface area (TPSA) is 41.1 Å². The zero-order valence-corrected chi connectivity index (χ0v) is 12.5. The number of aryl methyl sites for hydroxylation is 1. The van der Waals surface area contributed by atoms with Crippen molar-refractivity contribution in [3.8, 4) is 0 Å². The fourth-order valence-electron chi connectivity index (χ4n) is 2.08. The van der Waals surface area contributed by atoms with E-state index in [1.807, 2.05) is 25.1 Å². The molecule has 1 atom stereocenters. The van der Waals surface area contributed by atoms with Crippen molar-refractivity contribution < 1.29 is 4.79 Å². The second-order valence-corrected chi connectivity index (χ2v) is 5.08. The van der Waals surface area contributed by atoms with Crippen LogP contribution in [0.5, 0.6) is 0 Å². The zero-order valence-electron chi connectivity index (χ0n) is 12.5. The molecule has 1 amide bonds. The summed E-state index contributed by atoms with van der Waals surface area (Å²) in [6.45, 7) is 9.20. The first kappa shape index (κ1) is 15.5. The molecule has 0 saturated heterocycles. The van der Waals surface area contributed by atoms with Crippen LogP contribution in [0, 0.1) is 6.92 Å². The van der Waals surface area contributed by atoms with Crippen LogP contribution in [-0.2, 0) is 0 Å². The van der Waals surface area contributed by atoms with Gasteiger partial charge in [0.05, 0.1) is 0 Å². The second kappa shape index (κ2) is 7.82. The molecule has 0 fully saturated rings. The minimum absolute atomic E-state index is 0.0229. The molecular formula is C16H26N2O.